The zero-order valence-corrected chi connectivity index (χ0v) is 17.8. The van der Waals surface area contributed by atoms with Crippen molar-refractivity contribution in [3.63, 3.8) is 0 Å². The Hall–Kier alpha value is -4.79. The molecule has 0 radical (unpaired) electrons. The zero-order chi connectivity index (χ0) is 23.3. The molecule has 9 nitrogen and oxygen atoms in total. The number of hydrogen-bond acceptors (Lipinski definition) is 7. The van der Waals surface area contributed by atoms with Gasteiger partial charge in [-0.1, -0.05) is 24.3 Å². The van der Waals surface area contributed by atoms with Crippen LogP contribution in [-0.4, -0.2) is 31.6 Å². The largest absolute Gasteiger partial charge is 0.454 e. The van der Waals surface area contributed by atoms with E-state index in [1.54, 1.807) is 66.7 Å². The summed E-state index contributed by atoms with van der Waals surface area (Å²) in [7, 11) is 0. The Labute approximate surface area is 194 Å². The first kappa shape index (κ1) is 21.1. The van der Waals surface area contributed by atoms with Crippen LogP contribution in [0.3, 0.4) is 0 Å². The molecule has 0 bridgehead atoms. The fraction of sp³-hybridized carbons (Fsp3) is 0.0800. The summed E-state index contributed by atoms with van der Waals surface area (Å²) in [4.78, 5) is 25.6. The van der Waals surface area contributed by atoms with Gasteiger partial charge in [0.15, 0.2) is 23.0 Å². The molecule has 0 aliphatic carbocycles. The minimum Gasteiger partial charge on any atom is -0.454 e. The minimum absolute atomic E-state index is 0.00977. The van der Waals surface area contributed by atoms with Crippen LogP contribution in [0.2, 0.25) is 0 Å². The number of hydrazone groups is 1. The van der Waals surface area contributed by atoms with Crippen LogP contribution in [0, 0.1) is 0 Å². The summed E-state index contributed by atoms with van der Waals surface area (Å²) < 4.78 is 21.3. The predicted molar refractivity (Wildman–Crippen MR) is 123 cm³/mol. The van der Waals surface area contributed by atoms with Crippen LogP contribution in [0.4, 0.5) is 0 Å². The van der Waals surface area contributed by atoms with Crippen LogP contribution in [0.25, 0.3) is 6.08 Å². The number of benzene rings is 3. The van der Waals surface area contributed by atoms with Crippen molar-refractivity contribution in [2.75, 3.05) is 13.6 Å². The lowest BCUT2D eigenvalue weighted by molar-refractivity contribution is -0.117. The molecule has 2 aliphatic heterocycles. The molecule has 0 aromatic heterocycles. The Kier molecular flexibility index (Phi) is 5.81. The second-order valence-corrected chi connectivity index (χ2v) is 7.30. The summed E-state index contributed by atoms with van der Waals surface area (Å²) >= 11 is 0. The molecule has 3 aromatic carbocycles. The van der Waals surface area contributed by atoms with Crippen LogP contribution >= 0.6 is 0 Å². The molecule has 5 rings (SSSR count). The van der Waals surface area contributed by atoms with Crippen LogP contribution in [-0.2, 0) is 4.79 Å². The predicted octanol–water partition coefficient (Wildman–Crippen LogP) is 3.07. The highest BCUT2D eigenvalue weighted by molar-refractivity contribution is 6.05. The fourth-order valence-corrected chi connectivity index (χ4v) is 3.33. The molecular weight excluding hydrogens is 438 g/mol. The Morgan fingerprint density at radius 2 is 1.38 bits per heavy atom. The number of fused-ring (bicyclic) bond motifs is 2. The number of nitrogens with zero attached hydrogens (tertiary/aromatic N) is 1. The molecule has 0 spiro atoms. The van der Waals surface area contributed by atoms with Crippen LogP contribution in [0.1, 0.15) is 21.5 Å². The molecule has 2 N–H and O–H groups in total. The van der Waals surface area contributed by atoms with E-state index in [1.165, 1.54) is 12.3 Å². The number of hydrogen-bond donors (Lipinski definition) is 2. The SMILES string of the molecule is O=C(N/N=C\c1ccc2c(c1)OCO2)/C(=C\c1ccc2c(c1)OCO2)NC(=O)c1ccccc1. The van der Waals surface area contributed by atoms with Crippen molar-refractivity contribution in [2.45, 2.75) is 0 Å². The first-order valence-corrected chi connectivity index (χ1v) is 10.4. The third-order valence-electron chi connectivity index (χ3n) is 5.01. The Bertz CT molecular complexity index is 1300. The van der Waals surface area contributed by atoms with Gasteiger partial charge in [0.25, 0.3) is 11.8 Å². The summed E-state index contributed by atoms with van der Waals surface area (Å²) in [5, 5.41) is 6.67. The van der Waals surface area contributed by atoms with E-state index in [2.05, 4.69) is 15.8 Å². The number of nitrogens with one attached hydrogen (secondary N) is 2. The molecule has 0 saturated heterocycles. The second-order valence-electron chi connectivity index (χ2n) is 7.30. The van der Waals surface area contributed by atoms with E-state index in [0.29, 0.717) is 39.7 Å². The van der Waals surface area contributed by atoms with Gasteiger partial charge in [0, 0.05) is 5.56 Å². The standard InChI is InChI=1S/C25H19N3O6/c29-24(18-4-2-1-3-5-18)27-19(10-16-6-8-20-22(11-16)33-14-31-20)25(30)28-26-13-17-7-9-21-23(12-17)34-15-32-21/h1-13H,14-15H2,(H,27,29)(H,28,30)/b19-10+,26-13-. The lowest BCUT2D eigenvalue weighted by Gasteiger charge is -2.09. The highest BCUT2D eigenvalue weighted by Crippen LogP contribution is 2.33. The summed E-state index contributed by atoms with van der Waals surface area (Å²) in [6.45, 7) is 0.303. The van der Waals surface area contributed by atoms with Crippen molar-refractivity contribution in [3.8, 4) is 23.0 Å². The molecule has 9 heteroatoms. The van der Waals surface area contributed by atoms with Gasteiger partial charge < -0.3 is 24.3 Å². The third-order valence-corrected chi connectivity index (χ3v) is 5.01. The summed E-state index contributed by atoms with van der Waals surface area (Å²) in [5.74, 6) is 1.41. The molecule has 2 amide bonds. The molecule has 0 unspecified atom stereocenters. The van der Waals surface area contributed by atoms with Crippen molar-refractivity contribution >= 4 is 24.1 Å². The molecule has 0 atom stereocenters. The van der Waals surface area contributed by atoms with Gasteiger partial charge in [-0.3, -0.25) is 9.59 Å². The maximum Gasteiger partial charge on any atom is 0.287 e. The molecule has 3 aromatic rings. The quantitative estimate of drug-likeness (QED) is 0.335. The van der Waals surface area contributed by atoms with E-state index in [4.69, 9.17) is 18.9 Å². The average molecular weight is 457 g/mol. The van der Waals surface area contributed by atoms with Crippen molar-refractivity contribution in [3.05, 3.63) is 89.1 Å². The minimum atomic E-state index is -0.598. The highest BCUT2D eigenvalue weighted by Gasteiger charge is 2.17. The molecule has 0 saturated carbocycles. The van der Waals surface area contributed by atoms with E-state index >= 15 is 0 Å². The Morgan fingerprint density at radius 3 is 2.09 bits per heavy atom. The van der Waals surface area contributed by atoms with Crippen LogP contribution in [0.5, 0.6) is 23.0 Å². The van der Waals surface area contributed by atoms with Gasteiger partial charge in [0.05, 0.1) is 6.21 Å². The van der Waals surface area contributed by atoms with Gasteiger partial charge in [-0.25, -0.2) is 5.43 Å². The monoisotopic (exact) mass is 457 g/mol. The number of carbonyl (C=O) groups excluding carboxylic acids is 2. The molecular formula is C25H19N3O6. The van der Waals surface area contributed by atoms with Gasteiger partial charge in [-0.2, -0.15) is 5.10 Å². The van der Waals surface area contributed by atoms with E-state index < -0.39 is 11.8 Å². The van der Waals surface area contributed by atoms with Crippen molar-refractivity contribution < 1.29 is 28.5 Å². The lowest BCUT2D eigenvalue weighted by Crippen LogP contribution is -2.32. The number of ether oxygens (including phenoxy) is 4. The lowest BCUT2D eigenvalue weighted by atomic mass is 10.1. The zero-order valence-electron chi connectivity index (χ0n) is 17.8. The van der Waals surface area contributed by atoms with Gasteiger partial charge >= 0.3 is 0 Å². The van der Waals surface area contributed by atoms with Gasteiger partial charge in [0.1, 0.15) is 5.70 Å². The Balaban J connectivity index is 1.35. The number of amides is 2. The first-order valence-electron chi connectivity index (χ1n) is 10.4. The van der Waals surface area contributed by atoms with E-state index in [0.717, 1.165) is 0 Å². The maximum atomic E-state index is 12.9. The van der Waals surface area contributed by atoms with Crippen LogP contribution in [0.15, 0.2) is 77.5 Å². The smallest absolute Gasteiger partial charge is 0.287 e. The molecule has 2 aliphatic rings. The topological polar surface area (TPSA) is 107 Å². The Morgan fingerprint density at radius 1 is 0.765 bits per heavy atom. The van der Waals surface area contributed by atoms with E-state index in [-0.39, 0.29) is 19.3 Å². The van der Waals surface area contributed by atoms with Gasteiger partial charge in [-0.15, -0.1) is 0 Å². The number of rotatable bonds is 6. The fourth-order valence-electron chi connectivity index (χ4n) is 3.33. The summed E-state index contributed by atoms with van der Waals surface area (Å²) in [5.41, 5.74) is 4.22. The summed E-state index contributed by atoms with van der Waals surface area (Å²) in [6, 6.07) is 19.1. The van der Waals surface area contributed by atoms with Crippen LogP contribution < -0.4 is 29.7 Å². The molecule has 170 valence electrons. The highest BCUT2D eigenvalue weighted by atomic mass is 16.7. The van der Waals surface area contributed by atoms with E-state index in [1.807, 2.05) is 0 Å². The van der Waals surface area contributed by atoms with Crippen molar-refractivity contribution in [1.29, 1.82) is 0 Å². The maximum absolute atomic E-state index is 12.9. The van der Waals surface area contributed by atoms with Crippen molar-refractivity contribution in [2.24, 2.45) is 5.10 Å². The van der Waals surface area contributed by atoms with Gasteiger partial charge in [-0.05, 0) is 59.7 Å². The second kappa shape index (κ2) is 9.37. The molecule has 0 fully saturated rings. The van der Waals surface area contributed by atoms with Gasteiger partial charge in [0.2, 0.25) is 13.6 Å². The van der Waals surface area contributed by atoms with E-state index in [9.17, 15) is 9.59 Å². The normalized spacial score (nSPS) is 13.7. The van der Waals surface area contributed by atoms with Crippen molar-refractivity contribution in [1.82, 2.24) is 10.7 Å². The first-order chi connectivity index (χ1) is 16.7. The molecule has 34 heavy (non-hydrogen) atoms. The molecule has 2 heterocycles. The third kappa shape index (κ3) is 4.68. The number of carbonyl (C=O) groups is 2. The average Bonchev–Trinajstić information content (AvgIpc) is 3.52. The summed E-state index contributed by atoms with van der Waals surface area (Å²) in [6.07, 6.45) is 3.01.